The average molecular weight is 262 g/mol. The van der Waals surface area contributed by atoms with Gasteiger partial charge < -0.3 is 10.5 Å². The van der Waals surface area contributed by atoms with Gasteiger partial charge in [0.15, 0.2) is 0 Å². The second-order valence-corrected chi connectivity index (χ2v) is 5.58. The summed E-state index contributed by atoms with van der Waals surface area (Å²) in [5.74, 6) is 0. The molecule has 0 bridgehead atoms. The number of nitrogens with two attached hydrogens (primary N) is 1. The first-order chi connectivity index (χ1) is 9.20. The van der Waals surface area contributed by atoms with Gasteiger partial charge in [0.1, 0.15) is 0 Å². The minimum atomic E-state index is 0.306. The Bertz CT molecular complexity index is 368. The number of likely N-dealkylation sites (N-methyl/N-ethyl adjacent to an activating group) is 1. The van der Waals surface area contributed by atoms with E-state index < -0.39 is 0 Å². The lowest BCUT2D eigenvalue weighted by atomic mass is 10.1. The third-order valence-electron chi connectivity index (χ3n) is 4.10. The molecule has 19 heavy (non-hydrogen) atoms. The molecule has 0 saturated carbocycles. The zero-order valence-corrected chi connectivity index (χ0v) is 12.1. The zero-order valence-electron chi connectivity index (χ0n) is 12.1. The van der Waals surface area contributed by atoms with Crippen LogP contribution < -0.4 is 5.73 Å². The minimum Gasteiger partial charge on any atom is -0.374 e. The van der Waals surface area contributed by atoms with E-state index in [2.05, 4.69) is 49.2 Å². The third kappa shape index (κ3) is 4.03. The Hall–Kier alpha value is -0.900. The van der Waals surface area contributed by atoms with Crippen LogP contribution in [-0.2, 0) is 11.2 Å². The molecule has 0 spiro atoms. The van der Waals surface area contributed by atoms with E-state index in [1.165, 1.54) is 5.56 Å². The van der Waals surface area contributed by atoms with Crippen molar-refractivity contribution in [2.24, 2.45) is 5.73 Å². The molecule has 1 fully saturated rings. The smallest absolute Gasteiger partial charge is 0.0746 e. The van der Waals surface area contributed by atoms with Gasteiger partial charge in [-0.25, -0.2) is 0 Å². The lowest BCUT2D eigenvalue weighted by molar-refractivity contribution is 0.00314. The molecule has 3 unspecified atom stereocenters. The van der Waals surface area contributed by atoms with Crippen LogP contribution in [0.25, 0.3) is 0 Å². The SMILES string of the molecule is CC1CCC(C(CN)N(C)CCc2ccccc2)O1. The summed E-state index contributed by atoms with van der Waals surface area (Å²) in [7, 11) is 2.16. The fourth-order valence-electron chi connectivity index (χ4n) is 2.85. The molecule has 2 N–H and O–H groups in total. The monoisotopic (exact) mass is 262 g/mol. The van der Waals surface area contributed by atoms with E-state index in [9.17, 15) is 0 Å². The van der Waals surface area contributed by atoms with Crippen LogP contribution in [0.5, 0.6) is 0 Å². The molecule has 2 rings (SSSR count). The van der Waals surface area contributed by atoms with E-state index in [0.29, 0.717) is 24.8 Å². The molecule has 0 radical (unpaired) electrons. The van der Waals surface area contributed by atoms with Gasteiger partial charge in [-0.15, -0.1) is 0 Å². The van der Waals surface area contributed by atoms with Crippen molar-refractivity contribution in [2.45, 2.75) is 44.4 Å². The summed E-state index contributed by atoms with van der Waals surface area (Å²) in [5.41, 5.74) is 7.33. The van der Waals surface area contributed by atoms with Crippen LogP contribution in [0.1, 0.15) is 25.3 Å². The fraction of sp³-hybridized carbons (Fsp3) is 0.625. The number of hydrogen-bond acceptors (Lipinski definition) is 3. The first-order valence-electron chi connectivity index (χ1n) is 7.30. The van der Waals surface area contributed by atoms with Crippen LogP contribution in [0, 0.1) is 0 Å². The second-order valence-electron chi connectivity index (χ2n) is 5.58. The molecular weight excluding hydrogens is 236 g/mol. The first-order valence-corrected chi connectivity index (χ1v) is 7.30. The molecular formula is C16H26N2O. The maximum absolute atomic E-state index is 5.97. The highest BCUT2D eigenvalue weighted by Gasteiger charge is 2.30. The molecule has 0 aromatic heterocycles. The molecule has 1 aromatic rings. The molecule has 1 aliphatic heterocycles. The molecule has 3 nitrogen and oxygen atoms in total. The van der Waals surface area contributed by atoms with Crippen molar-refractivity contribution >= 4 is 0 Å². The van der Waals surface area contributed by atoms with E-state index in [0.717, 1.165) is 25.8 Å². The summed E-state index contributed by atoms with van der Waals surface area (Å²) < 4.78 is 5.97. The van der Waals surface area contributed by atoms with E-state index in [1.54, 1.807) is 0 Å². The van der Waals surface area contributed by atoms with Crippen LogP contribution in [-0.4, -0.2) is 43.3 Å². The number of nitrogens with zero attached hydrogens (tertiary/aromatic N) is 1. The van der Waals surface area contributed by atoms with Crippen molar-refractivity contribution in [3.05, 3.63) is 35.9 Å². The standard InChI is InChI=1S/C16H26N2O/c1-13-8-9-16(19-13)15(12-17)18(2)11-10-14-6-4-3-5-7-14/h3-7,13,15-16H,8-12,17H2,1-2H3. The molecule has 3 atom stereocenters. The van der Waals surface area contributed by atoms with Crippen molar-refractivity contribution < 1.29 is 4.74 Å². The minimum absolute atomic E-state index is 0.306. The van der Waals surface area contributed by atoms with E-state index in [1.807, 2.05) is 0 Å². The number of ether oxygens (including phenoxy) is 1. The average Bonchev–Trinajstić information content (AvgIpc) is 2.85. The van der Waals surface area contributed by atoms with Crippen LogP contribution in [0.4, 0.5) is 0 Å². The molecule has 0 amide bonds. The van der Waals surface area contributed by atoms with Crippen LogP contribution >= 0.6 is 0 Å². The quantitative estimate of drug-likeness (QED) is 0.853. The van der Waals surface area contributed by atoms with Crippen molar-refractivity contribution in [3.63, 3.8) is 0 Å². The largest absolute Gasteiger partial charge is 0.374 e. The highest BCUT2D eigenvalue weighted by Crippen LogP contribution is 2.23. The summed E-state index contributed by atoms with van der Waals surface area (Å²) in [5, 5.41) is 0. The second kappa shape index (κ2) is 7.04. The predicted octanol–water partition coefficient (Wildman–Crippen LogP) is 2.06. The number of hydrogen-bond donors (Lipinski definition) is 1. The summed E-state index contributed by atoms with van der Waals surface area (Å²) in [6.07, 6.45) is 4.06. The maximum atomic E-state index is 5.97. The van der Waals surface area contributed by atoms with Gasteiger partial charge in [0.05, 0.1) is 12.2 Å². The highest BCUT2D eigenvalue weighted by molar-refractivity contribution is 5.14. The number of benzene rings is 1. The van der Waals surface area contributed by atoms with E-state index >= 15 is 0 Å². The Kier molecular flexibility index (Phi) is 5.37. The molecule has 1 aliphatic rings. The first kappa shape index (κ1) is 14.5. The molecule has 1 saturated heterocycles. The van der Waals surface area contributed by atoms with Gasteiger partial charge >= 0.3 is 0 Å². The van der Waals surface area contributed by atoms with Gasteiger partial charge in [0, 0.05) is 19.1 Å². The third-order valence-corrected chi connectivity index (χ3v) is 4.10. The van der Waals surface area contributed by atoms with Gasteiger partial charge in [-0.1, -0.05) is 30.3 Å². The molecule has 1 aromatic carbocycles. The lowest BCUT2D eigenvalue weighted by Gasteiger charge is -2.31. The topological polar surface area (TPSA) is 38.5 Å². The molecule has 0 aliphatic carbocycles. The Balaban J connectivity index is 1.85. The van der Waals surface area contributed by atoms with Gasteiger partial charge in [-0.3, -0.25) is 4.90 Å². The van der Waals surface area contributed by atoms with Crippen molar-refractivity contribution in [2.75, 3.05) is 20.1 Å². The van der Waals surface area contributed by atoms with Gasteiger partial charge in [-0.05, 0) is 38.8 Å². The normalized spacial score (nSPS) is 24.8. The van der Waals surface area contributed by atoms with E-state index in [4.69, 9.17) is 10.5 Å². The van der Waals surface area contributed by atoms with Crippen molar-refractivity contribution in [1.29, 1.82) is 0 Å². The van der Waals surface area contributed by atoms with Gasteiger partial charge in [0.25, 0.3) is 0 Å². The zero-order chi connectivity index (χ0) is 13.7. The summed E-state index contributed by atoms with van der Waals surface area (Å²) in [4.78, 5) is 2.36. The fourth-order valence-corrected chi connectivity index (χ4v) is 2.85. The van der Waals surface area contributed by atoms with Crippen LogP contribution in [0.15, 0.2) is 30.3 Å². The predicted molar refractivity (Wildman–Crippen MR) is 79.2 cm³/mol. The van der Waals surface area contributed by atoms with Gasteiger partial charge in [-0.2, -0.15) is 0 Å². The van der Waals surface area contributed by atoms with E-state index in [-0.39, 0.29) is 0 Å². The molecule has 1 heterocycles. The summed E-state index contributed by atoms with van der Waals surface area (Å²) in [6, 6.07) is 11.0. The maximum Gasteiger partial charge on any atom is 0.0746 e. The molecule has 106 valence electrons. The Morgan fingerprint density at radius 2 is 2.05 bits per heavy atom. The van der Waals surface area contributed by atoms with Crippen LogP contribution in [0.2, 0.25) is 0 Å². The summed E-state index contributed by atoms with van der Waals surface area (Å²) >= 11 is 0. The highest BCUT2D eigenvalue weighted by atomic mass is 16.5. The van der Waals surface area contributed by atoms with Crippen molar-refractivity contribution in [3.8, 4) is 0 Å². The Morgan fingerprint density at radius 3 is 2.63 bits per heavy atom. The Labute approximate surface area is 116 Å². The lowest BCUT2D eigenvalue weighted by Crippen LogP contribution is -2.47. The Morgan fingerprint density at radius 1 is 1.32 bits per heavy atom. The van der Waals surface area contributed by atoms with Crippen LogP contribution in [0.3, 0.4) is 0 Å². The van der Waals surface area contributed by atoms with Crippen molar-refractivity contribution in [1.82, 2.24) is 4.90 Å². The van der Waals surface area contributed by atoms with Gasteiger partial charge in [0.2, 0.25) is 0 Å². The number of rotatable bonds is 6. The molecule has 3 heteroatoms. The summed E-state index contributed by atoms with van der Waals surface area (Å²) in [6.45, 7) is 3.85.